The number of hydrogen-bond acceptors (Lipinski definition) is 4. The van der Waals surface area contributed by atoms with Crippen LogP contribution in [0.1, 0.15) is 29.8 Å². The van der Waals surface area contributed by atoms with Gasteiger partial charge in [-0.3, -0.25) is 9.59 Å². The minimum absolute atomic E-state index is 0.0210. The van der Waals surface area contributed by atoms with Crippen LogP contribution < -0.4 is 5.73 Å². The molecule has 1 aromatic rings. The smallest absolute Gasteiger partial charge is 0.305 e. The van der Waals surface area contributed by atoms with Gasteiger partial charge in [-0.2, -0.15) is 0 Å². The molecule has 1 amide bonds. The van der Waals surface area contributed by atoms with Crippen LogP contribution in [0.5, 0.6) is 0 Å². The summed E-state index contributed by atoms with van der Waals surface area (Å²) in [6.07, 6.45) is 0.501. The zero-order valence-corrected chi connectivity index (χ0v) is 10.9. The Hall–Kier alpha value is -1.40. The number of nitrogens with two attached hydrogens (primary N) is 1. The molecule has 3 N–H and O–H groups in total. The quantitative estimate of drug-likeness (QED) is 0.856. The molecule has 0 bridgehead atoms. The zero-order valence-electron chi connectivity index (χ0n) is 10.1. The molecule has 2 heterocycles. The predicted molar refractivity (Wildman–Crippen MR) is 68.4 cm³/mol. The van der Waals surface area contributed by atoms with Crippen LogP contribution in [-0.4, -0.2) is 34.5 Å². The lowest BCUT2D eigenvalue weighted by Crippen LogP contribution is -2.47. The fourth-order valence-electron chi connectivity index (χ4n) is 2.30. The van der Waals surface area contributed by atoms with E-state index in [9.17, 15) is 9.59 Å². The molecule has 1 aromatic heterocycles. The van der Waals surface area contributed by atoms with E-state index in [1.54, 1.807) is 16.2 Å². The van der Waals surface area contributed by atoms with Gasteiger partial charge in [0.05, 0.1) is 18.5 Å². The van der Waals surface area contributed by atoms with Gasteiger partial charge >= 0.3 is 5.97 Å². The maximum atomic E-state index is 12.1. The van der Waals surface area contributed by atoms with Crippen molar-refractivity contribution in [1.82, 2.24) is 4.90 Å². The Kier molecular flexibility index (Phi) is 3.68. The minimum atomic E-state index is -1.04. The highest BCUT2D eigenvalue weighted by molar-refractivity contribution is 7.10. The second-order valence-electron chi connectivity index (χ2n) is 4.46. The van der Waals surface area contributed by atoms with E-state index in [4.69, 9.17) is 10.8 Å². The Morgan fingerprint density at radius 3 is 3.06 bits per heavy atom. The first-order chi connectivity index (χ1) is 8.50. The number of aliphatic carboxylic acids is 1. The number of amides is 1. The van der Waals surface area contributed by atoms with Crippen molar-refractivity contribution in [3.05, 3.63) is 21.9 Å². The average molecular weight is 268 g/mol. The van der Waals surface area contributed by atoms with Gasteiger partial charge in [-0.15, -0.1) is 11.3 Å². The van der Waals surface area contributed by atoms with E-state index in [-0.39, 0.29) is 18.4 Å². The summed E-state index contributed by atoms with van der Waals surface area (Å²) < 4.78 is 0. The Bertz CT molecular complexity index is 472. The number of carboxylic acids is 1. The fraction of sp³-hybridized carbons (Fsp3) is 0.500. The molecular formula is C12H16N2O3S. The largest absolute Gasteiger partial charge is 0.481 e. The molecule has 0 aromatic carbocycles. The molecule has 2 rings (SSSR count). The van der Waals surface area contributed by atoms with Gasteiger partial charge in [-0.05, 0) is 30.4 Å². The number of carbonyl (C=O) groups is 2. The standard InChI is InChI=1S/C12H16N2O3S/c1-7-8-3-5-18-10(8)2-4-14(7)12(17)9(13)6-11(15)16/h3,5,7,9H,2,4,6,13H2,1H3,(H,15,16). The van der Waals surface area contributed by atoms with Crippen LogP contribution in [0, 0.1) is 0 Å². The molecule has 6 heteroatoms. The van der Waals surface area contributed by atoms with Gasteiger partial charge in [0.15, 0.2) is 0 Å². The number of nitrogens with zero attached hydrogens (tertiary/aromatic N) is 1. The van der Waals surface area contributed by atoms with Crippen molar-refractivity contribution in [3.8, 4) is 0 Å². The second-order valence-corrected chi connectivity index (χ2v) is 5.46. The molecule has 18 heavy (non-hydrogen) atoms. The Balaban J connectivity index is 2.11. The molecule has 5 nitrogen and oxygen atoms in total. The molecule has 2 atom stereocenters. The Labute approximate surface area is 109 Å². The van der Waals surface area contributed by atoms with Crippen molar-refractivity contribution < 1.29 is 14.7 Å². The van der Waals surface area contributed by atoms with E-state index in [0.29, 0.717) is 6.54 Å². The number of thiophene rings is 1. The molecule has 0 aliphatic carbocycles. The van der Waals surface area contributed by atoms with Crippen LogP contribution in [0.25, 0.3) is 0 Å². The Morgan fingerprint density at radius 1 is 1.67 bits per heavy atom. The van der Waals surface area contributed by atoms with Gasteiger partial charge in [0.2, 0.25) is 5.91 Å². The summed E-state index contributed by atoms with van der Waals surface area (Å²) in [7, 11) is 0. The van der Waals surface area contributed by atoms with Gasteiger partial charge in [0.1, 0.15) is 0 Å². The lowest BCUT2D eigenvalue weighted by molar-refractivity contribution is -0.143. The molecule has 1 aliphatic rings. The summed E-state index contributed by atoms with van der Waals surface area (Å²) in [6.45, 7) is 2.57. The maximum absolute atomic E-state index is 12.1. The molecule has 0 saturated heterocycles. The number of fused-ring (bicyclic) bond motifs is 1. The molecule has 0 fully saturated rings. The number of carbonyl (C=O) groups excluding carboxylic acids is 1. The molecule has 1 aliphatic heterocycles. The van der Waals surface area contributed by atoms with Crippen LogP contribution in [0.2, 0.25) is 0 Å². The van der Waals surface area contributed by atoms with Gasteiger partial charge in [0.25, 0.3) is 0 Å². The van der Waals surface area contributed by atoms with Gasteiger partial charge in [0, 0.05) is 11.4 Å². The third-order valence-corrected chi connectivity index (χ3v) is 4.27. The molecular weight excluding hydrogens is 252 g/mol. The Morgan fingerprint density at radius 2 is 2.39 bits per heavy atom. The van der Waals surface area contributed by atoms with Crippen molar-refractivity contribution in [1.29, 1.82) is 0 Å². The van der Waals surface area contributed by atoms with Crippen LogP contribution in [0.4, 0.5) is 0 Å². The van der Waals surface area contributed by atoms with E-state index < -0.39 is 12.0 Å². The summed E-state index contributed by atoms with van der Waals surface area (Å²) in [5.74, 6) is -1.32. The van der Waals surface area contributed by atoms with Crippen LogP contribution >= 0.6 is 11.3 Å². The maximum Gasteiger partial charge on any atom is 0.305 e. The van der Waals surface area contributed by atoms with Crippen molar-refractivity contribution in [2.75, 3.05) is 6.54 Å². The van der Waals surface area contributed by atoms with Gasteiger partial charge in [-0.1, -0.05) is 0 Å². The van der Waals surface area contributed by atoms with Crippen LogP contribution in [0.15, 0.2) is 11.4 Å². The fourth-order valence-corrected chi connectivity index (χ4v) is 3.26. The van der Waals surface area contributed by atoms with Gasteiger partial charge in [-0.25, -0.2) is 0 Å². The van der Waals surface area contributed by atoms with Crippen molar-refractivity contribution >= 4 is 23.2 Å². The first kappa shape index (κ1) is 13.0. The summed E-state index contributed by atoms with van der Waals surface area (Å²) in [6, 6.07) is 1.05. The topological polar surface area (TPSA) is 83.6 Å². The number of carboxylic acid groups (broad SMARTS) is 1. The lowest BCUT2D eigenvalue weighted by atomic mass is 10.00. The van der Waals surface area contributed by atoms with Crippen molar-refractivity contribution in [2.24, 2.45) is 5.73 Å². The van der Waals surface area contributed by atoms with Gasteiger partial charge < -0.3 is 15.7 Å². The third-order valence-electron chi connectivity index (χ3n) is 3.27. The molecule has 98 valence electrons. The predicted octanol–water partition coefficient (Wildman–Crippen LogP) is 0.996. The minimum Gasteiger partial charge on any atom is -0.481 e. The van der Waals surface area contributed by atoms with Crippen LogP contribution in [0.3, 0.4) is 0 Å². The van der Waals surface area contributed by atoms with E-state index in [2.05, 4.69) is 0 Å². The van der Waals surface area contributed by atoms with Crippen LogP contribution in [-0.2, 0) is 16.0 Å². The molecule has 0 saturated carbocycles. The van der Waals surface area contributed by atoms with E-state index in [1.807, 2.05) is 18.4 Å². The molecule has 0 radical (unpaired) electrons. The van der Waals surface area contributed by atoms with Crippen molar-refractivity contribution in [2.45, 2.75) is 31.8 Å². The third kappa shape index (κ3) is 2.39. The normalized spacial score (nSPS) is 20.3. The highest BCUT2D eigenvalue weighted by atomic mass is 32.1. The number of rotatable bonds is 3. The molecule has 2 unspecified atom stereocenters. The lowest BCUT2D eigenvalue weighted by Gasteiger charge is -2.35. The summed E-state index contributed by atoms with van der Waals surface area (Å²) in [4.78, 5) is 25.7. The number of hydrogen-bond donors (Lipinski definition) is 2. The SMILES string of the molecule is CC1c2ccsc2CCN1C(=O)C(N)CC(=O)O. The highest BCUT2D eigenvalue weighted by Crippen LogP contribution is 2.33. The van der Waals surface area contributed by atoms with E-state index in [1.165, 1.54) is 4.88 Å². The van der Waals surface area contributed by atoms with E-state index >= 15 is 0 Å². The monoisotopic (exact) mass is 268 g/mol. The highest BCUT2D eigenvalue weighted by Gasteiger charge is 2.31. The summed E-state index contributed by atoms with van der Waals surface area (Å²) >= 11 is 1.70. The second kappa shape index (κ2) is 5.07. The zero-order chi connectivity index (χ0) is 13.3. The van der Waals surface area contributed by atoms with E-state index in [0.717, 1.165) is 12.0 Å². The van der Waals surface area contributed by atoms with Crippen molar-refractivity contribution in [3.63, 3.8) is 0 Å². The molecule has 0 spiro atoms. The first-order valence-corrected chi connectivity index (χ1v) is 6.72. The average Bonchev–Trinajstić information content (AvgIpc) is 2.76. The summed E-state index contributed by atoms with van der Waals surface area (Å²) in [5.41, 5.74) is 6.79. The first-order valence-electron chi connectivity index (χ1n) is 5.85. The summed E-state index contributed by atoms with van der Waals surface area (Å²) in [5, 5.41) is 10.7.